The van der Waals surface area contributed by atoms with Crippen LogP contribution in [0.5, 0.6) is 11.5 Å². The molecule has 17 heavy (non-hydrogen) atoms. The first-order valence-electron chi connectivity index (χ1n) is 5.48. The van der Waals surface area contributed by atoms with Crippen molar-refractivity contribution in [2.45, 2.75) is 13.3 Å². The number of rotatable bonds is 5. The summed E-state index contributed by atoms with van der Waals surface area (Å²) in [6.07, 6.45) is 0.896. The van der Waals surface area contributed by atoms with Crippen LogP contribution < -0.4 is 20.1 Å². The molecule has 0 spiro atoms. The van der Waals surface area contributed by atoms with Crippen molar-refractivity contribution in [1.82, 2.24) is 5.32 Å². The summed E-state index contributed by atoms with van der Waals surface area (Å²) in [6, 6.07) is 4.98. The van der Waals surface area contributed by atoms with Gasteiger partial charge in [-0.15, -0.1) is 0 Å². The molecule has 2 N–H and O–H groups in total. The van der Waals surface area contributed by atoms with Crippen molar-refractivity contribution in [2.75, 3.05) is 26.1 Å². The quantitative estimate of drug-likeness (QED) is 0.827. The minimum Gasteiger partial charge on any atom is -0.497 e. The van der Waals surface area contributed by atoms with Crippen molar-refractivity contribution in [1.29, 1.82) is 0 Å². The van der Waals surface area contributed by atoms with Crippen LogP contribution in [0.25, 0.3) is 0 Å². The summed E-state index contributed by atoms with van der Waals surface area (Å²) in [5, 5.41) is 5.44. The topological polar surface area (TPSA) is 59.6 Å². The van der Waals surface area contributed by atoms with Crippen LogP contribution in [0, 0.1) is 0 Å². The normalized spacial score (nSPS) is 9.59. The second-order valence-corrected chi connectivity index (χ2v) is 3.45. The Morgan fingerprint density at radius 2 is 2.06 bits per heavy atom. The number of hydrogen-bond donors (Lipinski definition) is 2. The molecule has 0 heterocycles. The molecule has 1 aromatic carbocycles. The Kier molecular flexibility index (Phi) is 5.13. The van der Waals surface area contributed by atoms with Crippen molar-refractivity contribution < 1.29 is 14.3 Å². The van der Waals surface area contributed by atoms with Crippen LogP contribution in [0.2, 0.25) is 0 Å². The Morgan fingerprint density at radius 3 is 2.65 bits per heavy atom. The Morgan fingerprint density at radius 1 is 1.29 bits per heavy atom. The van der Waals surface area contributed by atoms with Crippen LogP contribution in [-0.4, -0.2) is 26.8 Å². The second-order valence-electron chi connectivity index (χ2n) is 3.45. The van der Waals surface area contributed by atoms with Gasteiger partial charge in [0, 0.05) is 12.6 Å². The average Bonchev–Trinajstić information content (AvgIpc) is 2.36. The number of anilines is 1. The lowest BCUT2D eigenvalue weighted by Crippen LogP contribution is -2.29. The molecule has 0 saturated heterocycles. The van der Waals surface area contributed by atoms with E-state index in [0.717, 1.165) is 6.42 Å². The van der Waals surface area contributed by atoms with Crippen LogP contribution in [0.3, 0.4) is 0 Å². The summed E-state index contributed by atoms with van der Waals surface area (Å²) < 4.78 is 10.2. The van der Waals surface area contributed by atoms with Crippen LogP contribution in [-0.2, 0) is 0 Å². The van der Waals surface area contributed by atoms with Gasteiger partial charge in [0.1, 0.15) is 11.5 Å². The van der Waals surface area contributed by atoms with Gasteiger partial charge in [0.15, 0.2) is 0 Å². The van der Waals surface area contributed by atoms with Gasteiger partial charge in [-0.25, -0.2) is 4.79 Å². The van der Waals surface area contributed by atoms with Crippen molar-refractivity contribution in [2.24, 2.45) is 0 Å². The molecule has 5 nitrogen and oxygen atoms in total. The molecule has 0 aliphatic carbocycles. The van der Waals surface area contributed by atoms with E-state index in [4.69, 9.17) is 9.47 Å². The van der Waals surface area contributed by atoms with E-state index in [0.29, 0.717) is 23.7 Å². The van der Waals surface area contributed by atoms with Crippen LogP contribution in [0.15, 0.2) is 18.2 Å². The van der Waals surface area contributed by atoms with E-state index < -0.39 is 0 Å². The summed E-state index contributed by atoms with van der Waals surface area (Å²) in [7, 11) is 3.12. The van der Waals surface area contributed by atoms with Crippen molar-refractivity contribution in [3.8, 4) is 11.5 Å². The lowest BCUT2D eigenvalue weighted by molar-refractivity contribution is 0.252. The first-order valence-corrected chi connectivity index (χ1v) is 5.48. The smallest absolute Gasteiger partial charge is 0.319 e. The first-order chi connectivity index (χ1) is 8.21. The number of nitrogens with one attached hydrogen (secondary N) is 2. The van der Waals surface area contributed by atoms with Gasteiger partial charge >= 0.3 is 6.03 Å². The van der Waals surface area contributed by atoms with Crippen molar-refractivity contribution in [3.63, 3.8) is 0 Å². The molecule has 2 amide bonds. The van der Waals surface area contributed by atoms with Gasteiger partial charge in [0.2, 0.25) is 0 Å². The maximum absolute atomic E-state index is 11.5. The zero-order valence-corrected chi connectivity index (χ0v) is 10.4. The minimum absolute atomic E-state index is 0.240. The van der Waals surface area contributed by atoms with Crippen molar-refractivity contribution >= 4 is 11.7 Å². The third kappa shape index (κ3) is 3.86. The largest absolute Gasteiger partial charge is 0.497 e. The minimum atomic E-state index is -0.240. The van der Waals surface area contributed by atoms with Crippen LogP contribution >= 0.6 is 0 Å². The fraction of sp³-hybridized carbons (Fsp3) is 0.417. The zero-order valence-electron chi connectivity index (χ0n) is 10.4. The van der Waals surface area contributed by atoms with Gasteiger partial charge in [-0.3, -0.25) is 0 Å². The number of amides is 2. The Bertz CT molecular complexity index is 380. The van der Waals surface area contributed by atoms with E-state index in [9.17, 15) is 4.79 Å². The number of carbonyl (C=O) groups is 1. The lowest BCUT2D eigenvalue weighted by atomic mass is 10.2. The summed E-state index contributed by atoms with van der Waals surface area (Å²) in [5.41, 5.74) is 0.613. The van der Waals surface area contributed by atoms with E-state index in [1.165, 1.54) is 0 Å². The molecule has 0 atom stereocenters. The zero-order chi connectivity index (χ0) is 12.7. The molecular weight excluding hydrogens is 220 g/mol. The maximum Gasteiger partial charge on any atom is 0.319 e. The fourth-order valence-electron chi connectivity index (χ4n) is 1.31. The van der Waals surface area contributed by atoms with Gasteiger partial charge < -0.3 is 20.1 Å². The van der Waals surface area contributed by atoms with E-state index in [2.05, 4.69) is 10.6 Å². The van der Waals surface area contributed by atoms with Gasteiger partial charge in [-0.2, -0.15) is 0 Å². The Balaban J connectivity index is 2.73. The molecule has 1 aromatic rings. The molecule has 0 unspecified atom stereocenters. The number of carbonyl (C=O) groups excluding carboxylic acids is 1. The van der Waals surface area contributed by atoms with Crippen LogP contribution in [0.1, 0.15) is 13.3 Å². The standard InChI is InChI=1S/C12H18N2O3/c1-4-7-13-12(15)14-10-6-5-9(16-2)8-11(10)17-3/h5-6,8H,4,7H2,1-3H3,(H2,13,14,15). The van der Waals surface area contributed by atoms with Crippen LogP contribution in [0.4, 0.5) is 10.5 Å². The highest BCUT2D eigenvalue weighted by Crippen LogP contribution is 2.28. The highest BCUT2D eigenvalue weighted by Gasteiger charge is 2.07. The lowest BCUT2D eigenvalue weighted by Gasteiger charge is -2.12. The number of hydrogen-bond acceptors (Lipinski definition) is 3. The molecule has 0 radical (unpaired) electrons. The summed E-state index contributed by atoms with van der Waals surface area (Å²) in [4.78, 5) is 11.5. The Labute approximate surface area is 101 Å². The second kappa shape index (κ2) is 6.62. The third-order valence-corrected chi connectivity index (χ3v) is 2.19. The van der Waals surface area contributed by atoms with Gasteiger partial charge in [0.25, 0.3) is 0 Å². The van der Waals surface area contributed by atoms with Gasteiger partial charge in [0.05, 0.1) is 19.9 Å². The van der Waals surface area contributed by atoms with Crippen molar-refractivity contribution in [3.05, 3.63) is 18.2 Å². The SMILES string of the molecule is CCCNC(=O)Nc1ccc(OC)cc1OC. The number of urea groups is 1. The fourth-order valence-corrected chi connectivity index (χ4v) is 1.31. The first kappa shape index (κ1) is 13.2. The number of methoxy groups -OCH3 is 2. The number of benzene rings is 1. The molecule has 0 fully saturated rings. The van der Waals surface area contributed by atoms with Gasteiger partial charge in [-0.05, 0) is 18.6 Å². The predicted octanol–water partition coefficient (Wildman–Crippen LogP) is 2.24. The molecular formula is C12H18N2O3. The van der Waals surface area contributed by atoms with E-state index in [1.807, 2.05) is 6.92 Å². The number of ether oxygens (including phenoxy) is 2. The summed E-state index contributed by atoms with van der Waals surface area (Å²) >= 11 is 0. The average molecular weight is 238 g/mol. The van der Waals surface area contributed by atoms with E-state index >= 15 is 0 Å². The van der Waals surface area contributed by atoms with E-state index in [1.54, 1.807) is 32.4 Å². The maximum atomic E-state index is 11.5. The highest BCUT2D eigenvalue weighted by atomic mass is 16.5. The van der Waals surface area contributed by atoms with E-state index in [-0.39, 0.29) is 6.03 Å². The molecule has 94 valence electrons. The third-order valence-electron chi connectivity index (χ3n) is 2.19. The van der Waals surface area contributed by atoms with Gasteiger partial charge in [-0.1, -0.05) is 6.92 Å². The highest BCUT2D eigenvalue weighted by molar-refractivity contribution is 5.91. The molecule has 0 bridgehead atoms. The summed E-state index contributed by atoms with van der Waals surface area (Å²) in [5.74, 6) is 1.25. The molecule has 0 aliphatic heterocycles. The molecule has 0 aromatic heterocycles. The predicted molar refractivity (Wildman–Crippen MR) is 66.9 cm³/mol. The molecule has 0 aliphatic rings. The molecule has 5 heteroatoms. The molecule has 1 rings (SSSR count). The molecule has 0 saturated carbocycles. The monoisotopic (exact) mass is 238 g/mol. The summed E-state index contributed by atoms with van der Waals surface area (Å²) in [6.45, 7) is 2.64. The Hall–Kier alpha value is -1.91.